The van der Waals surface area contributed by atoms with Crippen LogP contribution in [-0.4, -0.2) is 44.3 Å². The lowest BCUT2D eigenvalue weighted by Crippen LogP contribution is -2.89. The number of halogens is 4. The fourth-order valence-electron chi connectivity index (χ4n) is 3.35. The number of carbonyl (C=O) groups excluding carboxylic acids is 1. The molecule has 3 atom stereocenters. The summed E-state index contributed by atoms with van der Waals surface area (Å²) in [6, 6.07) is 1.20. The van der Waals surface area contributed by atoms with E-state index in [9.17, 15) is 13.2 Å². The van der Waals surface area contributed by atoms with Crippen LogP contribution >= 0.6 is 11.6 Å². The predicted octanol–water partition coefficient (Wildman–Crippen LogP) is -0.325. The van der Waals surface area contributed by atoms with Crippen molar-refractivity contribution < 1.29 is 28.4 Å². The maximum Gasteiger partial charge on any atom is 0.430 e. The number of fused-ring (bicyclic) bond motifs is 3. The second-order valence-electron chi connectivity index (χ2n) is 5.81. The molecule has 2 aromatic rings. The highest BCUT2D eigenvalue weighted by Gasteiger charge is 2.44. The topological polar surface area (TPSA) is 100 Å². The molecule has 2 fully saturated rings. The van der Waals surface area contributed by atoms with E-state index in [0.717, 1.165) is 17.1 Å². The SMILES string of the molecule is Clc1ncnc2c1ncn2C1C[C@@H]2C[NH2+][C@H]1C2.O=C([O-])C(F)(F)F. The van der Waals surface area contributed by atoms with Gasteiger partial charge in [0.05, 0.1) is 18.9 Å². The zero-order valence-corrected chi connectivity index (χ0v) is 13.0. The maximum atomic E-state index is 10.5. The summed E-state index contributed by atoms with van der Waals surface area (Å²) in [4.78, 5) is 21.4. The second kappa shape index (κ2) is 6.17. The monoisotopic (exact) mass is 363 g/mol. The van der Waals surface area contributed by atoms with Gasteiger partial charge in [-0.15, -0.1) is 0 Å². The number of rotatable bonds is 1. The van der Waals surface area contributed by atoms with Crippen LogP contribution in [0.2, 0.25) is 5.15 Å². The maximum absolute atomic E-state index is 10.5. The van der Waals surface area contributed by atoms with E-state index in [2.05, 4.69) is 24.8 Å². The Kier molecular flexibility index (Phi) is 4.35. The summed E-state index contributed by atoms with van der Waals surface area (Å²) in [6.07, 6.45) is 0.752. The van der Waals surface area contributed by atoms with Gasteiger partial charge in [0.15, 0.2) is 10.8 Å². The Labute approximate surface area is 138 Å². The van der Waals surface area contributed by atoms with Gasteiger partial charge in [0.2, 0.25) is 0 Å². The molecule has 7 nitrogen and oxygen atoms in total. The van der Waals surface area contributed by atoms with E-state index in [-0.39, 0.29) is 0 Å². The number of nitrogens with two attached hydrogens (primary N) is 1. The fourth-order valence-corrected chi connectivity index (χ4v) is 3.53. The molecule has 3 heterocycles. The predicted molar refractivity (Wildman–Crippen MR) is 73.7 cm³/mol. The Bertz CT molecular complexity index is 766. The molecule has 1 aliphatic carbocycles. The first-order valence-electron chi connectivity index (χ1n) is 7.22. The molecule has 1 saturated heterocycles. The van der Waals surface area contributed by atoms with Crippen molar-refractivity contribution in [2.45, 2.75) is 31.1 Å². The lowest BCUT2D eigenvalue weighted by atomic mass is 10.1. The quantitative estimate of drug-likeness (QED) is 0.700. The third kappa shape index (κ3) is 3.16. The Morgan fingerprint density at radius 3 is 2.58 bits per heavy atom. The van der Waals surface area contributed by atoms with Gasteiger partial charge < -0.3 is 19.8 Å². The molecule has 0 radical (unpaired) electrons. The number of hydrogen-bond donors (Lipinski definition) is 1. The molecule has 2 aliphatic rings. The van der Waals surface area contributed by atoms with E-state index >= 15 is 0 Å². The Morgan fingerprint density at radius 2 is 2.04 bits per heavy atom. The molecule has 130 valence electrons. The number of nitrogens with zero attached hydrogens (tertiary/aromatic N) is 4. The minimum atomic E-state index is -5.19. The van der Waals surface area contributed by atoms with Gasteiger partial charge in [-0.05, 0) is 6.42 Å². The molecular formula is C13H13ClF3N5O2. The number of quaternary nitrogens is 1. The highest BCUT2D eigenvalue weighted by atomic mass is 35.5. The van der Waals surface area contributed by atoms with Gasteiger partial charge in [-0.1, -0.05) is 11.6 Å². The molecule has 0 aromatic carbocycles. The molecule has 0 spiro atoms. The van der Waals surface area contributed by atoms with Crippen LogP contribution in [0.25, 0.3) is 11.2 Å². The number of aromatic nitrogens is 4. The van der Waals surface area contributed by atoms with E-state index in [0.29, 0.717) is 17.2 Å². The minimum absolute atomic E-state index is 0.445. The zero-order valence-electron chi connectivity index (χ0n) is 12.2. The average molecular weight is 364 g/mol. The van der Waals surface area contributed by atoms with Gasteiger partial charge >= 0.3 is 6.18 Å². The van der Waals surface area contributed by atoms with Crippen LogP contribution < -0.4 is 10.4 Å². The van der Waals surface area contributed by atoms with Gasteiger partial charge in [-0.2, -0.15) is 13.2 Å². The number of imidazole rings is 1. The van der Waals surface area contributed by atoms with Crippen molar-refractivity contribution in [3.8, 4) is 0 Å². The number of carboxylic acid groups (broad SMARTS) is 1. The lowest BCUT2D eigenvalue weighted by molar-refractivity contribution is -0.682. The molecule has 2 aromatic heterocycles. The number of hydrogen-bond acceptors (Lipinski definition) is 5. The molecule has 0 amide bonds. The summed E-state index contributed by atoms with van der Waals surface area (Å²) in [6.45, 7) is 1.28. The Morgan fingerprint density at radius 1 is 1.33 bits per heavy atom. The molecular weight excluding hydrogens is 351 g/mol. The van der Waals surface area contributed by atoms with Crippen molar-refractivity contribution in [2.24, 2.45) is 5.92 Å². The van der Waals surface area contributed by atoms with Crippen LogP contribution in [0, 0.1) is 5.92 Å². The van der Waals surface area contributed by atoms with Crippen LogP contribution in [0.3, 0.4) is 0 Å². The van der Waals surface area contributed by atoms with Crippen molar-refractivity contribution in [2.75, 3.05) is 6.54 Å². The molecule has 1 unspecified atom stereocenters. The standard InChI is InChI=1S/C11H12ClN5.C2HF3O2/c12-10-9-11(15-4-14-10)17(5-16-9)8-2-6-1-7(8)13-3-6;3-2(4,5)1(6)7/h4-8,13H,1-3H2;(H,6,7)/t6-,7+,8?;/m1./s1. The van der Waals surface area contributed by atoms with E-state index in [4.69, 9.17) is 21.5 Å². The van der Waals surface area contributed by atoms with E-state index in [1.165, 1.54) is 25.7 Å². The smallest absolute Gasteiger partial charge is 0.430 e. The van der Waals surface area contributed by atoms with Crippen LogP contribution in [0.5, 0.6) is 0 Å². The summed E-state index contributed by atoms with van der Waals surface area (Å²) in [5.41, 5.74) is 1.59. The lowest BCUT2D eigenvalue weighted by Gasteiger charge is -2.21. The zero-order chi connectivity index (χ0) is 17.5. The molecule has 4 rings (SSSR count). The summed E-state index contributed by atoms with van der Waals surface area (Å²) < 4.78 is 33.7. The Hall–Kier alpha value is -1.94. The van der Waals surface area contributed by atoms with Crippen molar-refractivity contribution in [1.82, 2.24) is 19.5 Å². The number of carboxylic acids is 1. The molecule has 11 heteroatoms. The number of aliphatic carboxylic acids is 1. The number of carbonyl (C=O) groups is 1. The van der Waals surface area contributed by atoms with Crippen LogP contribution in [-0.2, 0) is 4.79 Å². The highest BCUT2D eigenvalue weighted by molar-refractivity contribution is 6.33. The van der Waals surface area contributed by atoms with Crippen LogP contribution in [0.15, 0.2) is 12.7 Å². The number of piperidine rings is 1. The first-order valence-corrected chi connectivity index (χ1v) is 7.59. The first kappa shape index (κ1) is 16.9. The van der Waals surface area contributed by atoms with Crippen LogP contribution in [0.4, 0.5) is 13.2 Å². The fraction of sp³-hybridized carbons (Fsp3) is 0.538. The van der Waals surface area contributed by atoms with Crippen molar-refractivity contribution in [3.05, 3.63) is 17.8 Å². The Balaban J connectivity index is 0.000000209. The minimum Gasteiger partial charge on any atom is -0.542 e. The average Bonchev–Trinajstić information content (AvgIpc) is 3.21. The number of alkyl halides is 3. The van der Waals surface area contributed by atoms with Gasteiger partial charge in [0.25, 0.3) is 0 Å². The van der Waals surface area contributed by atoms with Gasteiger partial charge in [0, 0.05) is 12.3 Å². The normalized spacial score (nSPS) is 25.6. The third-order valence-corrected chi connectivity index (χ3v) is 4.63. The molecule has 2 bridgehead atoms. The van der Waals surface area contributed by atoms with E-state index < -0.39 is 12.1 Å². The summed E-state index contributed by atoms with van der Waals surface area (Å²) in [5, 5.41) is 11.7. The van der Waals surface area contributed by atoms with Crippen molar-refractivity contribution >= 4 is 28.7 Å². The second-order valence-corrected chi connectivity index (χ2v) is 6.17. The summed E-state index contributed by atoms with van der Waals surface area (Å²) in [7, 11) is 0. The third-order valence-electron chi connectivity index (χ3n) is 4.35. The first-order chi connectivity index (χ1) is 11.3. The summed E-state index contributed by atoms with van der Waals surface area (Å²) in [5.74, 6) is -2.15. The van der Waals surface area contributed by atoms with Gasteiger partial charge in [-0.3, -0.25) is 0 Å². The highest BCUT2D eigenvalue weighted by Crippen LogP contribution is 2.37. The van der Waals surface area contributed by atoms with Gasteiger partial charge in [-0.25, -0.2) is 15.0 Å². The molecule has 1 saturated carbocycles. The summed E-state index contributed by atoms with van der Waals surface area (Å²) >= 11 is 6.02. The van der Waals surface area contributed by atoms with E-state index in [1.54, 1.807) is 0 Å². The van der Waals surface area contributed by atoms with Crippen molar-refractivity contribution in [3.63, 3.8) is 0 Å². The van der Waals surface area contributed by atoms with Crippen molar-refractivity contribution in [1.29, 1.82) is 0 Å². The largest absolute Gasteiger partial charge is 0.542 e. The van der Waals surface area contributed by atoms with E-state index in [1.807, 2.05) is 6.33 Å². The van der Waals surface area contributed by atoms with Gasteiger partial charge in [0.1, 0.15) is 23.9 Å². The van der Waals surface area contributed by atoms with Crippen LogP contribution in [0.1, 0.15) is 18.9 Å². The molecule has 2 N–H and O–H groups in total. The molecule has 1 aliphatic heterocycles. The molecule has 24 heavy (non-hydrogen) atoms.